The molecule has 1 amide bonds. The van der Waals surface area contributed by atoms with Gasteiger partial charge in [0.05, 0.1) is 18.6 Å². The van der Waals surface area contributed by atoms with Gasteiger partial charge in [-0.05, 0) is 18.6 Å². The molecule has 92 valence electrons. The zero-order chi connectivity index (χ0) is 13.4. The van der Waals surface area contributed by atoms with Gasteiger partial charge in [-0.3, -0.25) is 4.79 Å². The van der Waals surface area contributed by atoms with Gasteiger partial charge < -0.3 is 4.90 Å². The van der Waals surface area contributed by atoms with Crippen LogP contribution in [-0.4, -0.2) is 12.5 Å². The van der Waals surface area contributed by atoms with Gasteiger partial charge in [0.15, 0.2) is 0 Å². The second-order valence-corrected chi connectivity index (χ2v) is 3.82. The van der Waals surface area contributed by atoms with E-state index >= 15 is 0 Å². The summed E-state index contributed by atoms with van der Waals surface area (Å²) in [5, 5.41) is 17.6. The molecule has 18 heavy (non-hydrogen) atoms. The van der Waals surface area contributed by atoms with Gasteiger partial charge in [0.2, 0.25) is 5.91 Å². The van der Waals surface area contributed by atoms with E-state index < -0.39 is 5.92 Å². The minimum Gasteiger partial charge on any atom is -0.310 e. The van der Waals surface area contributed by atoms with Gasteiger partial charge in [-0.2, -0.15) is 10.5 Å². The predicted octanol–water partition coefficient (Wildman–Crippen LogP) is 2.48. The van der Waals surface area contributed by atoms with Crippen LogP contribution in [0.2, 0.25) is 0 Å². The normalized spacial score (nSPS) is 11.1. The molecule has 0 heterocycles. The van der Waals surface area contributed by atoms with Crippen molar-refractivity contribution in [3.63, 3.8) is 0 Å². The minimum absolute atomic E-state index is 0.235. The van der Waals surface area contributed by atoms with E-state index in [-0.39, 0.29) is 12.3 Å². The van der Waals surface area contributed by atoms with Crippen LogP contribution in [-0.2, 0) is 4.79 Å². The van der Waals surface area contributed by atoms with Crippen molar-refractivity contribution in [2.75, 3.05) is 11.4 Å². The van der Waals surface area contributed by atoms with Crippen LogP contribution in [0.1, 0.15) is 19.8 Å². The van der Waals surface area contributed by atoms with E-state index in [2.05, 4.69) is 0 Å². The molecule has 1 atom stereocenters. The molecule has 0 aliphatic carbocycles. The Labute approximate surface area is 107 Å². The molecule has 1 aromatic rings. The van der Waals surface area contributed by atoms with E-state index in [9.17, 15) is 4.79 Å². The van der Waals surface area contributed by atoms with Crippen LogP contribution in [0.3, 0.4) is 0 Å². The Morgan fingerprint density at radius 2 is 2.00 bits per heavy atom. The standard InChI is InChI=1S/C14H15N3O/c1-2-12(11-16)14(18)17(10-6-9-15)13-7-4-3-5-8-13/h3-5,7-8,12H,2,6,10H2,1H3. The van der Waals surface area contributed by atoms with Gasteiger partial charge in [-0.1, -0.05) is 25.1 Å². The molecule has 0 spiro atoms. The first-order chi connectivity index (χ1) is 8.74. The third kappa shape index (κ3) is 3.33. The van der Waals surface area contributed by atoms with Crippen molar-refractivity contribution in [2.45, 2.75) is 19.8 Å². The fraction of sp³-hybridized carbons (Fsp3) is 0.357. The zero-order valence-electron chi connectivity index (χ0n) is 10.3. The monoisotopic (exact) mass is 241 g/mol. The Morgan fingerprint density at radius 1 is 1.33 bits per heavy atom. The van der Waals surface area contributed by atoms with Crippen molar-refractivity contribution in [2.24, 2.45) is 5.92 Å². The average Bonchev–Trinajstić information content (AvgIpc) is 2.42. The van der Waals surface area contributed by atoms with E-state index in [0.717, 1.165) is 5.69 Å². The van der Waals surface area contributed by atoms with Crippen molar-refractivity contribution in [1.29, 1.82) is 10.5 Å². The molecule has 0 saturated heterocycles. The summed E-state index contributed by atoms with van der Waals surface area (Å²) >= 11 is 0. The Bertz CT molecular complexity index is 470. The summed E-state index contributed by atoms with van der Waals surface area (Å²) in [7, 11) is 0. The van der Waals surface area contributed by atoms with Crippen LogP contribution >= 0.6 is 0 Å². The number of anilines is 1. The number of carbonyl (C=O) groups excluding carboxylic acids is 1. The van der Waals surface area contributed by atoms with Crippen LogP contribution in [0.25, 0.3) is 0 Å². The smallest absolute Gasteiger partial charge is 0.244 e. The van der Waals surface area contributed by atoms with Crippen LogP contribution in [0.4, 0.5) is 5.69 Å². The maximum Gasteiger partial charge on any atom is 0.244 e. The van der Waals surface area contributed by atoms with Gasteiger partial charge in [0, 0.05) is 12.2 Å². The molecule has 0 fully saturated rings. The number of rotatable bonds is 5. The van der Waals surface area contributed by atoms with E-state index in [1.165, 1.54) is 4.90 Å². The summed E-state index contributed by atoms with van der Waals surface area (Å²) in [5.74, 6) is -0.884. The summed E-state index contributed by atoms with van der Waals surface area (Å²) < 4.78 is 0. The first kappa shape index (κ1) is 13.7. The molecule has 0 saturated carbocycles. The first-order valence-electron chi connectivity index (χ1n) is 5.87. The number of amides is 1. The minimum atomic E-state index is -0.649. The van der Waals surface area contributed by atoms with Crippen LogP contribution in [0, 0.1) is 28.6 Å². The highest BCUT2D eigenvalue weighted by molar-refractivity contribution is 5.96. The van der Waals surface area contributed by atoms with Gasteiger partial charge >= 0.3 is 0 Å². The SMILES string of the molecule is CCC(C#N)C(=O)N(CCC#N)c1ccccc1. The lowest BCUT2D eigenvalue weighted by molar-refractivity contribution is -0.120. The van der Waals surface area contributed by atoms with Crippen molar-refractivity contribution in [3.05, 3.63) is 30.3 Å². The number of hydrogen-bond donors (Lipinski definition) is 0. The molecule has 0 N–H and O–H groups in total. The largest absolute Gasteiger partial charge is 0.310 e. The maximum absolute atomic E-state index is 12.2. The zero-order valence-corrected chi connectivity index (χ0v) is 10.3. The van der Waals surface area contributed by atoms with E-state index in [0.29, 0.717) is 13.0 Å². The molecule has 4 heteroatoms. The first-order valence-corrected chi connectivity index (χ1v) is 5.87. The molecule has 1 unspecified atom stereocenters. The highest BCUT2D eigenvalue weighted by Crippen LogP contribution is 2.17. The topological polar surface area (TPSA) is 67.9 Å². The Hall–Kier alpha value is -2.33. The molecule has 0 aliphatic heterocycles. The second kappa shape index (κ2) is 7.09. The number of benzene rings is 1. The molecule has 0 aromatic heterocycles. The number of hydrogen-bond acceptors (Lipinski definition) is 3. The van der Waals surface area contributed by atoms with E-state index in [1.807, 2.05) is 30.3 Å². The van der Waals surface area contributed by atoms with Gasteiger partial charge in [-0.25, -0.2) is 0 Å². The Kier molecular flexibility index (Phi) is 5.41. The Morgan fingerprint density at radius 3 is 2.50 bits per heavy atom. The van der Waals surface area contributed by atoms with Crippen molar-refractivity contribution < 1.29 is 4.79 Å². The van der Waals surface area contributed by atoms with Crippen LogP contribution in [0.15, 0.2) is 30.3 Å². The van der Waals surface area contributed by atoms with Crippen LogP contribution < -0.4 is 4.90 Å². The summed E-state index contributed by atoms with van der Waals surface area (Å²) in [6.07, 6.45) is 0.730. The molecular weight excluding hydrogens is 226 g/mol. The second-order valence-electron chi connectivity index (χ2n) is 3.82. The van der Waals surface area contributed by atoms with Crippen molar-refractivity contribution in [3.8, 4) is 12.1 Å². The van der Waals surface area contributed by atoms with Gasteiger partial charge in [-0.15, -0.1) is 0 Å². The highest BCUT2D eigenvalue weighted by Gasteiger charge is 2.23. The number of nitriles is 2. The van der Waals surface area contributed by atoms with E-state index in [4.69, 9.17) is 10.5 Å². The molecule has 1 rings (SSSR count). The lowest BCUT2D eigenvalue weighted by Gasteiger charge is -2.23. The molecule has 1 aromatic carbocycles. The number of nitrogens with zero attached hydrogens (tertiary/aromatic N) is 3. The van der Waals surface area contributed by atoms with Gasteiger partial charge in [0.25, 0.3) is 0 Å². The lowest BCUT2D eigenvalue weighted by Crippen LogP contribution is -2.36. The van der Waals surface area contributed by atoms with Gasteiger partial charge in [0.1, 0.15) is 5.92 Å². The quantitative estimate of drug-likeness (QED) is 0.795. The Balaban J connectivity index is 2.96. The fourth-order valence-electron chi connectivity index (χ4n) is 1.65. The van der Waals surface area contributed by atoms with Crippen molar-refractivity contribution >= 4 is 11.6 Å². The average molecular weight is 241 g/mol. The molecule has 0 bridgehead atoms. The summed E-state index contributed by atoms with van der Waals surface area (Å²) in [4.78, 5) is 13.7. The number of para-hydroxylation sites is 1. The highest BCUT2D eigenvalue weighted by atomic mass is 16.2. The summed E-state index contributed by atoms with van der Waals surface area (Å²) in [6.45, 7) is 2.12. The maximum atomic E-state index is 12.2. The van der Waals surface area contributed by atoms with E-state index in [1.54, 1.807) is 19.1 Å². The summed E-state index contributed by atoms with van der Waals surface area (Å²) in [6, 6.07) is 13.2. The van der Waals surface area contributed by atoms with Crippen molar-refractivity contribution in [1.82, 2.24) is 0 Å². The number of carbonyl (C=O) groups is 1. The molecule has 0 aliphatic rings. The third-order valence-corrected chi connectivity index (χ3v) is 2.64. The molecular formula is C14H15N3O. The predicted molar refractivity (Wildman–Crippen MR) is 68.4 cm³/mol. The third-order valence-electron chi connectivity index (χ3n) is 2.64. The molecule has 4 nitrogen and oxygen atoms in total. The summed E-state index contributed by atoms with van der Waals surface area (Å²) in [5.41, 5.74) is 0.728. The molecule has 0 radical (unpaired) electrons. The van der Waals surface area contributed by atoms with Crippen LogP contribution in [0.5, 0.6) is 0 Å². The fourth-order valence-corrected chi connectivity index (χ4v) is 1.65. The lowest BCUT2D eigenvalue weighted by atomic mass is 10.1.